The van der Waals surface area contributed by atoms with Crippen molar-refractivity contribution in [3.8, 4) is 11.5 Å². The zero-order chi connectivity index (χ0) is 20.4. The van der Waals surface area contributed by atoms with E-state index in [9.17, 15) is 9.90 Å². The average Bonchev–Trinajstić information content (AvgIpc) is 3.19. The van der Waals surface area contributed by atoms with Gasteiger partial charge in [0.25, 0.3) is 5.91 Å². The number of amides is 1. The third kappa shape index (κ3) is 3.72. The molecule has 0 unspecified atom stereocenters. The monoisotopic (exact) mass is 386 g/mol. The molecular formula is C24H22N2O3. The number of aryl methyl sites for hydroxylation is 1. The van der Waals surface area contributed by atoms with Crippen LogP contribution in [0.5, 0.6) is 11.5 Å². The summed E-state index contributed by atoms with van der Waals surface area (Å²) in [6.45, 7) is 1.99. The molecule has 1 aliphatic heterocycles. The fourth-order valence-electron chi connectivity index (χ4n) is 3.51. The van der Waals surface area contributed by atoms with Crippen LogP contribution in [0.4, 0.5) is 0 Å². The van der Waals surface area contributed by atoms with Crippen LogP contribution in [-0.2, 0) is 0 Å². The van der Waals surface area contributed by atoms with E-state index < -0.39 is 0 Å². The Morgan fingerprint density at radius 2 is 1.79 bits per heavy atom. The first-order chi connectivity index (χ1) is 14.1. The van der Waals surface area contributed by atoms with E-state index in [0.29, 0.717) is 29.0 Å². The minimum atomic E-state index is -0.235. The highest BCUT2D eigenvalue weighted by molar-refractivity contribution is 6.06. The number of aromatic hydroxyl groups is 1. The zero-order valence-electron chi connectivity index (χ0n) is 16.4. The summed E-state index contributed by atoms with van der Waals surface area (Å²) in [6.07, 6.45) is 0.515. The van der Waals surface area contributed by atoms with Crippen LogP contribution in [0.2, 0.25) is 0 Å². The van der Waals surface area contributed by atoms with Crippen molar-refractivity contribution < 1.29 is 14.6 Å². The van der Waals surface area contributed by atoms with Crippen LogP contribution in [0.15, 0.2) is 77.9 Å². The summed E-state index contributed by atoms with van der Waals surface area (Å²) in [4.78, 5) is 13.2. The number of hydrogen-bond donors (Lipinski definition) is 1. The molecule has 1 atom stereocenters. The second-order valence-electron chi connectivity index (χ2n) is 7.08. The standard InChI is InChI=1S/C24H22N2O3/c1-16-8-10-18(11-9-16)24(28)26-22(17-6-4-3-5-7-17)15-21(25-26)20-13-12-19(29-2)14-23(20)27/h3-14,22,27H,15H2,1-2H3/t22-/m1/s1. The van der Waals surface area contributed by atoms with Crippen LogP contribution in [-0.4, -0.2) is 28.8 Å². The maximum atomic E-state index is 13.2. The SMILES string of the molecule is COc1ccc(C2=NN(C(=O)c3ccc(C)cc3)[C@@H](c3ccccc3)C2)c(O)c1. The highest BCUT2D eigenvalue weighted by atomic mass is 16.5. The van der Waals surface area contributed by atoms with Gasteiger partial charge >= 0.3 is 0 Å². The largest absolute Gasteiger partial charge is 0.507 e. The predicted octanol–water partition coefficient (Wildman–Crippen LogP) is 4.70. The molecule has 0 saturated carbocycles. The van der Waals surface area contributed by atoms with E-state index in [4.69, 9.17) is 4.74 Å². The molecule has 0 fully saturated rings. The Balaban J connectivity index is 1.73. The molecule has 0 spiro atoms. The van der Waals surface area contributed by atoms with E-state index in [0.717, 1.165) is 11.1 Å². The second-order valence-corrected chi connectivity index (χ2v) is 7.08. The number of hydrazone groups is 1. The fourth-order valence-corrected chi connectivity index (χ4v) is 3.51. The zero-order valence-corrected chi connectivity index (χ0v) is 16.4. The number of phenolic OH excluding ortho intramolecular Hbond substituents is 1. The number of carbonyl (C=O) groups excluding carboxylic acids is 1. The van der Waals surface area contributed by atoms with Crippen molar-refractivity contribution in [3.63, 3.8) is 0 Å². The summed E-state index contributed by atoms with van der Waals surface area (Å²) < 4.78 is 5.17. The van der Waals surface area contributed by atoms with Crippen molar-refractivity contribution in [1.82, 2.24) is 5.01 Å². The number of ether oxygens (including phenoxy) is 1. The van der Waals surface area contributed by atoms with Crippen molar-refractivity contribution in [1.29, 1.82) is 0 Å². The Bertz CT molecular complexity index is 1060. The minimum Gasteiger partial charge on any atom is -0.507 e. The van der Waals surface area contributed by atoms with E-state index in [1.165, 1.54) is 5.01 Å². The summed E-state index contributed by atoms with van der Waals surface area (Å²) in [5.41, 5.74) is 3.94. The molecule has 0 radical (unpaired) electrons. The van der Waals surface area contributed by atoms with Crippen molar-refractivity contribution in [3.05, 3.63) is 95.1 Å². The van der Waals surface area contributed by atoms with Crippen LogP contribution in [0.3, 0.4) is 0 Å². The Kier molecular flexibility index (Phi) is 5.04. The molecule has 1 N–H and O–H groups in total. The molecule has 1 amide bonds. The van der Waals surface area contributed by atoms with Gasteiger partial charge in [-0.15, -0.1) is 0 Å². The Labute approximate surface area is 169 Å². The maximum Gasteiger partial charge on any atom is 0.274 e. The highest BCUT2D eigenvalue weighted by Crippen LogP contribution is 2.36. The van der Waals surface area contributed by atoms with Crippen molar-refractivity contribution in [2.24, 2.45) is 5.10 Å². The number of nitrogens with zero attached hydrogens (tertiary/aromatic N) is 2. The molecule has 5 nitrogen and oxygen atoms in total. The summed E-state index contributed by atoms with van der Waals surface area (Å²) in [6, 6.07) is 22.2. The number of rotatable bonds is 4. The molecule has 0 bridgehead atoms. The van der Waals surface area contributed by atoms with E-state index in [1.54, 1.807) is 25.3 Å². The van der Waals surface area contributed by atoms with Gasteiger partial charge in [0.15, 0.2) is 0 Å². The highest BCUT2D eigenvalue weighted by Gasteiger charge is 2.34. The van der Waals surface area contributed by atoms with Crippen LogP contribution in [0.1, 0.15) is 39.5 Å². The Hall–Kier alpha value is -3.60. The molecule has 1 aliphatic rings. The molecule has 146 valence electrons. The van der Waals surface area contributed by atoms with Gasteiger partial charge in [-0.1, -0.05) is 48.0 Å². The lowest BCUT2D eigenvalue weighted by Gasteiger charge is -2.22. The van der Waals surface area contributed by atoms with Crippen molar-refractivity contribution in [2.75, 3.05) is 7.11 Å². The average molecular weight is 386 g/mol. The number of carbonyl (C=O) groups is 1. The third-order valence-corrected chi connectivity index (χ3v) is 5.12. The van der Waals surface area contributed by atoms with Crippen molar-refractivity contribution >= 4 is 11.6 Å². The molecule has 0 aliphatic carbocycles. The summed E-state index contributed by atoms with van der Waals surface area (Å²) in [5, 5.41) is 16.6. The molecular weight excluding hydrogens is 364 g/mol. The Morgan fingerprint density at radius 3 is 2.45 bits per heavy atom. The van der Waals surface area contributed by atoms with Gasteiger partial charge < -0.3 is 9.84 Å². The summed E-state index contributed by atoms with van der Waals surface area (Å²) >= 11 is 0. The predicted molar refractivity (Wildman–Crippen MR) is 112 cm³/mol. The van der Waals surface area contributed by atoms with E-state index in [1.807, 2.05) is 61.5 Å². The van der Waals surface area contributed by atoms with Gasteiger partial charge in [0, 0.05) is 23.6 Å². The van der Waals surface area contributed by atoms with Crippen LogP contribution in [0, 0.1) is 6.92 Å². The molecule has 0 saturated heterocycles. The molecule has 1 heterocycles. The quantitative estimate of drug-likeness (QED) is 0.707. The van der Waals surface area contributed by atoms with E-state index in [-0.39, 0.29) is 17.7 Å². The lowest BCUT2D eigenvalue weighted by molar-refractivity contribution is 0.0711. The summed E-state index contributed by atoms with van der Waals surface area (Å²) in [7, 11) is 1.55. The van der Waals surface area contributed by atoms with Crippen molar-refractivity contribution in [2.45, 2.75) is 19.4 Å². The van der Waals surface area contributed by atoms with Gasteiger partial charge in [0.1, 0.15) is 11.5 Å². The first kappa shape index (κ1) is 18.7. The molecule has 3 aromatic rings. The van der Waals surface area contributed by atoms with E-state index in [2.05, 4.69) is 5.10 Å². The Morgan fingerprint density at radius 1 is 1.07 bits per heavy atom. The third-order valence-electron chi connectivity index (χ3n) is 5.12. The van der Waals surface area contributed by atoms with E-state index >= 15 is 0 Å². The smallest absolute Gasteiger partial charge is 0.274 e. The van der Waals surface area contributed by atoms with Gasteiger partial charge in [-0.25, -0.2) is 5.01 Å². The number of hydrogen-bond acceptors (Lipinski definition) is 4. The number of benzene rings is 3. The molecule has 4 rings (SSSR count). The topological polar surface area (TPSA) is 62.1 Å². The van der Waals surface area contributed by atoms with Gasteiger partial charge in [0.05, 0.1) is 18.9 Å². The molecule has 5 heteroatoms. The fraction of sp³-hybridized carbons (Fsp3) is 0.167. The van der Waals surface area contributed by atoms with Gasteiger partial charge in [-0.3, -0.25) is 4.79 Å². The maximum absolute atomic E-state index is 13.2. The number of methoxy groups -OCH3 is 1. The van der Waals surface area contributed by atoms with Gasteiger partial charge in [0.2, 0.25) is 0 Å². The normalized spacial score (nSPS) is 15.9. The lowest BCUT2D eigenvalue weighted by Crippen LogP contribution is -2.27. The second kappa shape index (κ2) is 7.80. The number of phenols is 1. The molecule has 29 heavy (non-hydrogen) atoms. The van der Waals surface area contributed by atoms with Gasteiger partial charge in [-0.2, -0.15) is 5.10 Å². The first-order valence-electron chi connectivity index (χ1n) is 9.47. The van der Waals surface area contributed by atoms with Crippen LogP contribution < -0.4 is 4.74 Å². The summed E-state index contributed by atoms with van der Waals surface area (Å²) in [5.74, 6) is 0.485. The minimum absolute atomic E-state index is 0.0829. The first-order valence-corrected chi connectivity index (χ1v) is 9.47. The lowest BCUT2D eigenvalue weighted by atomic mass is 9.97. The van der Waals surface area contributed by atoms with Crippen LogP contribution >= 0.6 is 0 Å². The van der Waals surface area contributed by atoms with Gasteiger partial charge in [-0.05, 0) is 36.8 Å². The molecule has 0 aromatic heterocycles. The molecule has 3 aromatic carbocycles. The van der Waals surface area contributed by atoms with Crippen LogP contribution in [0.25, 0.3) is 0 Å².